The van der Waals surface area contributed by atoms with Crippen molar-refractivity contribution in [3.63, 3.8) is 0 Å². The SMILES string of the molecule is COc1cc(C[C@@H]2C(=O)CC[C@H]2Cc2ccc(OC)c(OC)c2)ccc1O. The first kappa shape index (κ1) is 19.1. The van der Waals surface area contributed by atoms with Crippen molar-refractivity contribution in [1.82, 2.24) is 0 Å². The first-order valence-corrected chi connectivity index (χ1v) is 9.15. The van der Waals surface area contributed by atoms with Crippen LogP contribution in [0.15, 0.2) is 36.4 Å². The predicted molar refractivity (Wildman–Crippen MR) is 103 cm³/mol. The molecule has 0 bridgehead atoms. The highest BCUT2D eigenvalue weighted by atomic mass is 16.5. The predicted octanol–water partition coefficient (Wildman–Crippen LogP) is 3.80. The lowest BCUT2D eigenvalue weighted by Gasteiger charge is -2.20. The van der Waals surface area contributed by atoms with Crippen LogP contribution >= 0.6 is 0 Å². The molecule has 0 heterocycles. The molecule has 0 spiro atoms. The Labute approximate surface area is 159 Å². The summed E-state index contributed by atoms with van der Waals surface area (Å²) in [6.45, 7) is 0. The zero-order valence-electron chi connectivity index (χ0n) is 16.0. The van der Waals surface area contributed by atoms with Crippen LogP contribution in [0.4, 0.5) is 0 Å². The number of carbonyl (C=O) groups excluding carboxylic acids is 1. The molecule has 5 nitrogen and oxygen atoms in total. The fourth-order valence-corrected chi connectivity index (χ4v) is 3.92. The Bertz CT molecular complexity index is 814. The Morgan fingerprint density at radius 3 is 2.22 bits per heavy atom. The molecule has 3 rings (SSSR count). The molecule has 0 aliphatic heterocycles. The Kier molecular flexibility index (Phi) is 5.89. The summed E-state index contributed by atoms with van der Waals surface area (Å²) < 4.78 is 15.9. The molecule has 2 aromatic rings. The Morgan fingerprint density at radius 1 is 0.889 bits per heavy atom. The summed E-state index contributed by atoms with van der Waals surface area (Å²) in [5.41, 5.74) is 2.14. The van der Waals surface area contributed by atoms with Crippen LogP contribution in [0.25, 0.3) is 0 Å². The normalized spacial score (nSPS) is 19.1. The van der Waals surface area contributed by atoms with Crippen LogP contribution in [0.1, 0.15) is 24.0 Å². The number of hydrogen-bond acceptors (Lipinski definition) is 5. The number of phenols is 1. The molecule has 2 aromatic carbocycles. The van der Waals surface area contributed by atoms with E-state index in [1.54, 1.807) is 20.3 Å². The molecule has 0 amide bonds. The van der Waals surface area contributed by atoms with Crippen molar-refractivity contribution in [1.29, 1.82) is 0 Å². The summed E-state index contributed by atoms with van der Waals surface area (Å²) in [5, 5.41) is 9.77. The van der Waals surface area contributed by atoms with E-state index in [1.807, 2.05) is 30.3 Å². The van der Waals surface area contributed by atoms with Gasteiger partial charge in [-0.2, -0.15) is 0 Å². The van der Waals surface area contributed by atoms with Gasteiger partial charge in [0.2, 0.25) is 0 Å². The van der Waals surface area contributed by atoms with Crippen molar-refractivity contribution in [3.8, 4) is 23.0 Å². The molecule has 0 radical (unpaired) electrons. The highest BCUT2D eigenvalue weighted by Gasteiger charge is 2.34. The first-order valence-electron chi connectivity index (χ1n) is 9.15. The third-order valence-corrected chi connectivity index (χ3v) is 5.39. The van der Waals surface area contributed by atoms with E-state index in [9.17, 15) is 9.90 Å². The van der Waals surface area contributed by atoms with E-state index in [0.29, 0.717) is 35.9 Å². The topological polar surface area (TPSA) is 65.0 Å². The van der Waals surface area contributed by atoms with Crippen molar-refractivity contribution >= 4 is 5.78 Å². The molecule has 1 fully saturated rings. The third kappa shape index (κ3) is 4.18. The van der Waals surface area contributed by atoms with Crippen LogP contribution in [0, 0.1) is 11.8 Å². The van der Waals surface area contributed by atoms with Gasteiger partial charge in [-0.1, -0.05) is 12.1 Å². The lowest BCUT2D eigenvalue weighted by Crippen LogP contribution is -2.19. The van der Waals surface area contributed by atoms with Gasteiger partial charge in [-0.15, -0.1) is 0 Å². The summed E-state index contributed by atoms with van der Waals surface area (Å²) in [5.74, 6) is 2.54. The highest BCUT2D eigenvalue weighted by molar-refractivity contribution is 5.83. The quantitative estimate of drug-likeness (QED) is 0.803. The van der Waals surface area contributed by atoms with Gasteiger partial charge in [0.25, 0.3) is 0 Å². The monoisotopic (exact) mass is 370 g/mol. The average molecular weight is 370 g/mol. The van der Waals surface area contributed by atoms with Crippen LogP contribution in [0.2, 0.25) is 0 Å². The Hall–Kier alpha value is -2.69. The van der Waals surface area contributed by atoms with Crippen LogP contribution < -0.4 is 14.2 Å². The van der Waals surface area contributed by atoms with Crippen LogP contribution in [-0.4, -0.2) is 32.2 Å². The molecule has 0 saturated heterocycles. The number of Topliss-reactive ketones (excluding diaryl/α,β-unsaturated/α-hetero) is 1. The molecule has 1 saturated carbocycles. The lowest BCUT2D eigenvalue weighted by atomic mass is 9.85. The molecule has 27 heavy (non-hydrogen) atoms. The van der Waals surface area contributed by atoms with E-state index < -0.39 is 0 Å². The fourth-order valence-electron chi connectivity index (χ4n) is 3.92. The largest absolute Gasteiger partial charge is 0.504 e. The molecule has 0 aromatic heterocycles. The van der Waals surface area contributed by atoms with Gasteiger partial charge >= 0.3 is 0 Å². The minimum absolute atomic E-state index is 0.0210. The molecular formula is C22H26O5. The maximum absolute atomic E-state index is 12.5. The zero-order chi connectivity index (χ0) is 19.4. The molecule has 0 unspecified atom stereocenters. The number of benzene rings is 2. The number of ether oxygens (including phenoxy) is 3. The molecular weight excluding hydrogens is 344 g/mol. The molecule has 1 aliphatic rings. The van der Waals surface area contributed by atoms with Gasteiger partial charge in [-0.25, -0.2) is 0 Å². The van der Waals surface area contributed by atoms with Gasteiger partial charge in [0.15, 0.2) is 23.0 Å². The maximum Gasteiger partial charge on any atom is 0.160 e. The second-order valence-corrected chi connectivity index (χ2v) is 6.98. The lowest BCUT2D eigenvalue weighted by molar-refractivity contribution is -0.121. The van der Waals surface area contributed by atoms with E-state index in [2.05, 4.69) is 0 Å². The Balaban J connectivity index is 1.76. The number of rotatable bonds is 7. The minimum atomic E-state index is -0.0210. The molecule has 1 N–H and O–H groups in total. The molecule has 2 atom stereocenters. The number of phenolic OH excluding ortho intramolecular Hbond substituents is 1. The smallest absolute Gasteiger partial charge is 0.160 e. The molecule has 5 heteroatoms. The molecule has 1 aliphatic carbocycles. The van der Waals surface area contributed by atoms with Gasteiger partial charge in [0.1, 0.15) is 5.78 Å². The van der Waals surface area contributed by atoms with E-state index in [-0.39, 0.29) is 17.6 Å². The van der Waals surface area contributed by atoms with Gasteiger partial charge in [-0.3, -0.25) is 4.79 Å². The number of methoxy groups -OCH3 is 3. The average Bonchev–Trinajstić information content (AvgIpc) is 3.02. The van der Waals surface area contributed by atoms with E-state index in [1.165, 1.54) is 7.11 Å². The van der Waals surface area contributed by atoms with Gasteiger partial charge < -0.3 is 19.3 Å². The van der Waals surface area contributed by atoms with E-state index >= 15 is 0 Å². The number of aromatic hydroxyl groups is 1. The van der Waals surface area contributed by atoms with Crippen molar-refractivity contribution < 1.29 is 24.1 Å². The summed E-state index contributed by atoms with van der Waals surface area (Å²) >= 11 is 0. The van der Waals surface area contributed by atoms with Gasteiger partial charge in [0.05, 0.1) is 21.3 Å². The number of hydrogen-bond donors (Lipinski definition) is 1. The first-order chi connectivity index (χ1) is 13.0. The summed E-state index contributed by atoms with van der Waals surface area (Å²) in [7, 11) is 4.77. The highest BCUT2D eigenvalue weighted by Crippen LogP contribution is 2.37. The maximum atomic E-state index is 12.5. The van der Waals surface area contributed by atoms with Gasteiger partial charge in [0, 0.05) is 12.3 Å². The fraction of sp³-hybridized carbons (Fsp3) is 0.409. The van der Waals surface area contributed by atoms with E-state index in [0.717, 1.165) is 24.0 Å². The Morgan fingerprint density at radius 2 is 1.52 bits per heavy atom. The molecule has 144 valence electrons. The van der Waals surface area contributed by atoms with Crippen molar-refractivity contribution in [2.75, 3.05) is 21.3 Å². The van der Waals surface area contributed by atoms with E-state index in [4.69, 9.17) is 14.2 Å². The van der Waals surface area contributed by atoms with Crippen molar-refractivity contribution in [3.05, 3.63) is 47.5 Å². The van der Waals surface area contributed by atoms with Crippen LogP contribution in [0.5, 0.6) is 23.0 Å². The third-order valence-electron chi connectivity index (χ3n) is 5.39. The summed E-state index contributed by atoms with van der Waals surface area (Å²) in [6.07, 6.45) is 3.00. The minimum Gasteiger partial charge on any atom is -0.504 e. The zero-order valence-corrected chi connectivity index (χ0v) is 16.0. The second kappa shape index (κ2) is 8.33. The summed E-state index contributed by atoms with van der Waals surface area (Å²) in [4.78, 5) is 12.5. The number of carbonyl (C=O) groups is 1. The van der Waals surface area contributed by atoms with Crippen LogP contribution in [0.3, 0.4) is 0 Å². The summed E-state index contributed by atoms with van der Waals surface area (Å²) in [6, 6.07) is 11.2. The van der Waals surface area contributed by atoms with Crippen molar-refractivity contribution in [2.24, 2.45) is 11.8 Å². The van der Waals surface area contributed by atoms with Gasteiger partial charge in [-0.05, 0) is 60.6 Å². The van der Waals surface area contributed by atoms with Crippen molar-refractivity contribution in [2.45, 2.75) is 25.7 Å². The van der Waals surface area contributed by atoms with Crippen LogP contribution in [-0.2, 0) is 17.6 Å². The second-order valence-electron chi connectivity index (χ2n) is 6.98. The standard InChI is InChI=1S/C22H26O5/c1-25-20-9-5-14(13-22(20)27-3)10-16-6-8-18(23)17(16)11-15-4-7-19(24)21(12-15)26-2/h4-5,7,9,12-13,16-17,24H,6,8,10-11H2,1-3H3/t16-,17-/m0/s1. The number of ketones is 1.